The molecule has 0 aliphatic rings. The quantitative estimate of drug-likeness (QED) is 0.0278. The fourth-order valence-electron chi connectivity index (χ4n) is 6.60. The smallest absolute Gasteiger partial charge is 0.462 e. The number of carbonyl (C=O) groups is 2. The first-order valence-electron chi connectivity index (χ1n) is 23.6. The van der Waals surface area contributed by atoms with Gasteiger partial charge in [0.2, 0.25) is 0 Å². The second-order valence-corrected chi connectivity index (χ2v) is 17.7. The Kier molecular flexibility index (Phi) is 41.5. The van der Waals surface area contributed by atoms with Gasteiger partial charge in [-0.2, -0.15) is 0 Å². The highest BCUT2D eigenvalue weighted by atomic mass is 31.2. The van der Waals surface area contributed by atoms with Crippen LogP contribution >= 0.6 is 7.82 Å². The number of hydrogen-bond acceptors (Lipinski definition) is 8. The van der Waals surface area contributed by atoms with Crippen LogP contribution in [-0.4, -0.2) is 68.3 Å². The fraction of sp³-hybridized carbons (Fsp3) is 0.872. The van der Waals surface area contributed by atoms with Crippen LogP contribution in [0.1, 0.15) is 219 Å². The predicted octanol–water partition coefficient (Wildman–Crippen LogP) is 13.8. The van der Waals surface area contributed by atoms with E-state index in [1.807, 2.05) is 19.0 Å². The van der Waals surface area contributed by atoms with Crippen LogP contribution in [0, 0.1) is 0 Å². The lowest BCUT2D eigenvalue weighted by Crippen LogP contribution is -2.29. The Balaban J connectivity index is 4.23. The topological polar surface area (TPSA) is 112 Å². The maximum Gasteiger partial charge on any atom is 0.472 e. The van der Waals surface area contributed by atoms with Gasteiger partial charge in [-0.1, -0.05) is 186 Å². The molecular formula is C47H90NO8P. The number of nitrogens with zero attached hydrogens (tertiary/aromatic N) is 1. The Hall–Kier alpha value is -1.51. The van der Waals surface area contributed by atoms with Gasteiger partial charge >= 0.3 is 19.8 Å². The van der Waals surface area contributed by atoms with Gasteiger partial charge in [0.15, 0.2) is 6.10 Å². The third-order valence-corrected chi connectivity index (χ3v) is 11.2. The van der Waals surface area contributed by atoms with Crippen LogP contribution in [-0.2, 0) is 32.7 Å². The first-order chi connectivity index (χ1) is 27.7. The van der Waals surface area contributed by atoms with Crippen molar-refractivity contribution in [2.75, 3.05) is 40.5 Å². The van der Waals surface area contributed by atoms with Crippen molar-refractivity contribution in [3.8, 4) is 0 Å². The van der Waals surface area contributed by atoms with E-state index >= 15 is 0 Å². The van der Waals surface area contributed by atoms with Gasteiger partial charge in [0.25, 0.3) is 0 Å². The summed E-state index contributed by atoms with van der Waals surface area (Å²) in [5, 5.41) is 0. The van der Waals surface area contributed by atoms with Crippen LogP contribution in [0.15, 0.2) is 24.3 Å². The van der Waals surface area contributed by atoms with Crippen molar-refractivity contribution < 1.29 is 37.6 Å². The van der Waals surface area contributed by atoms with Gasteiger partial charge in [-0.25, -0.2) is 4.57 Å². The van der Waals surface area contributed by atoms with Crippen LogP contribution in [0.2, 0.25) is 0 Å². The second kappa shape index (κ2) is 42.6. The van der Waals surface area contributed by atoms with E-state index in [1.165, 1.54) is 135 Å². The van der Waals surface area contributed by atoms with E-state index in [4.69, 9.17) is 18.5 Å². The summed E-state index contributed by atoms with van der Waals surface area (Å²) in [5.41, 5.74) is 0. The number of hydrogen-bond donors (Lipinski definition) is 1. The molecule has 336 valence electrons. The number of phosphoric acid groups is 1. The second-order valence-electron chi connectivity index (χ2n) is 16.3. The molecule has 0 radical (unpaired) electrons. The number of allylic oxidation sites excluding steroid dienone is 4. The average Bonchev–Trinajstić information content (AvgIpc) is 3.18. The molecule has 0 aliphatic heterocycles. The minimum absolute atomic E-state index is 0.00769. The molecule has 1 N–H and O–H groups in total. The van der Waals surface area contributed by atoms with Crippen molar-refractivity contribution in [3.63, 3.8) is 0 Å². The Labute approximate surface area is 351 Å². The largest absolute Gasteiger partial charge is 0.472 e. The van der Waals surface area contributed by atoms with Crippen molar-refractivity contribution in [1.82, 2.24) is 4.90 Å². The number of ether oxygens (including phenoxy) is 2. The molecule has 57 heavy (non-hydrogen) atoms. The minimum atomic E-state index is -4.36. The van der Waals surface area contributed by atoms with E-state index in [9.17, 15) is 19.0 Å². The minimum Gasteiger partial charge on any atom is -0.462 e. The van der Waals surface area contributed by atoms with Crippen molar-refractivity contribution in [3.05, 3.63) is 24.3 Å². The van der Waals surface area contributed by atoms with Crippen LogP contribution in [0.5, 0.6) is 0 Å². The van der Waals surface area contributed by atoms with Crippen LogP contribution in [0.4, 0.5) is 0 Å². The van der Waals surface area contributed by atoms with Crippen LogP contribution in [0.3, 0.4) is 0 Å². The zero-order chi connectivity index (χ0) is 41.9. The van der Waals surface area contributed by atoms with Gasteiger partial charge in [-0.3, -0.25) is 18.6 Å². The Morgan fingerprint density at radius 2 is 0.947 bits per heavy atom. The molecule has 0 amide bonds. The third-order valence-electron chi connectivity index (χ3n) is 10.3. The molecule has 0 spiro atoms. The molecule has 0 saturated carbocycles. The van der Waals surface area contributed by atoms with Crippen molar-refractivity contribution in [1.29, 1.82) is 0 Å². The molecule has 2 unspecified atom stereocenters. The summed E-state index contributed by atoms with van der Waals surface area (Å²) in [6.07, 6.45) is 45.0. The summed E-state index contributed by atoms with van der Waals surface area (Å²) >= 11 is 0. The van der Waals surface area contributed by atoms with E-state index in [-0.39, 0.29) is 25.6 Å². The molecule has 0 saturated heterocycles. The molecule has 0 fully saturated rings. The Morgan fingerprint density at radius 1 is 0.544 bits per heavy atom. The first kappa shape index (κ1) is 55.5. The number of phosphoric ester groups is 1. The highest BCUT2D eigenvalue weighted by Gasteiger charge is 2.26. The summed E-state index contributed by atoms with van der Waals surface area (Å²) in [6.45, 7) is 4.32. The van der Waals surface area contributed by atoms with Crippen LogP contribution < -0.4 is 0 Å². The van der Waals surface area contributed by atoms with Crippen LogP contribution in [0.25, 0.3) is 0 Å². The fourth-order valence-corrected chi connectivity index (χ4v) is 7.34. The van der Waals surface area contributed by atoms with E-state index in [1.54, 1.807) is 0 Å². The average molecular weight is 828 g/mol. The molecule has 0 bridgehead atoms. The molecule has 0 aromatic rings. The zero-order valence-corrected chi connectivity index (χ0v) is 38.4. The lowest BCUT2D eigenvalue weighted by molar-refractivity contribution is -0.161. The summed E-state index contributed by atoms with van der Waals surface area (Å²) in [6, 6.07) is 0. The maximum atomic E-state index is 12.7. The van der Waals surface area contributed by atoms with Gasteiger partial charge < -0.3 is 19.3 Å². The van der Waals surface area contributed by atoms with E-state index in [2.05, 4.69) is 38.2 Å². The highest BCUT2D eigenvalue weighted by molar-refractivity contribution is 7.47. The normalized spacial score (nSPS) is 13.5. The molecule has 2 atom stereocenters. The third kappa shape index (κ3) is 43.9. The molecular weight excluding hydrogens is 737 g/mol. The van der Waals surface area contributed by atoms with Crippen molar-refractivity contribution in [2.45, 2.75) is 225 Å². The number of likely N-dealkylation sites (N-methyl/N-ethyl adjacent to an activating group) is 1. The van der Waals surface area contributed by atoms with E-state index in [0.717, 1.165) is 51.4 Å². The van der Waals surface area contributed by atoms with Gasteiger partial charge in [-0.15, -0.1) is 0 Å². The highest BCUT2D eigenvalue weighted by Crippen LogP contribution is 2.43. The number of unbranched alkanes of at least 4 members (excludes halogenated alkanes) is 26. The molecule has 0 aromatic heterocycles. The summed E-state index contributed by atoms with van der Waals surface area (Å²) < 4.78 is 33.5. The number of esters is 2. The Bertz CT molecular complexity index is 1000. The molecule has 0 aliphatic carbocycles. The maximum absolute atomic E-state index is 12.7. The molecule has 10 heteroatoms. The Morgan fingerprint density at radius 3 is 1.42 bits per heavy atom. The molecule has 0 heterocycles. The number of carbonyl (C=O) groups excluding carboxylic acids is 2. The molecule has 0 aromatic carbocycles. The number of rotatable bonds is 44. The van der Waals surface area contributed by atoms with E-state index < -0.39 is 26.5 Å². The summed E-state index contributed by atoms with van der Waals surface area (Å²) in [5.74, 6) is -0.801. The van der Waals surface area contributed by atoms with Gasteiger partial charge in [0, 0.05) is 19.4 Å². The monoisotopic (exact) mass is 828 g/mol. The van der Waals surface area contributed by atoms with E-state index in [0.29, 0.717) is 19.4 Å². The zero-order valence-electron chi connectivity index (χ0n) is 37.5. The SMILES string of the molecule is CCCCC/C=C\C/C=C\CCCCCCCCCC(=O)OC(COC(=O)CCCCCCCCCCCCCCCCCCC)COP(=O)(O)OCCN(C)C. The standard InChI is InChI=1S/C47H90NO8P/c1-5-7-9-11-13-15-17-19-21-23-25-27-29-31-33-35-37-39-46(49)53-43-45(44-55-57(51,52)54-42-41-48(3)4)56-47(50)40-38-36-34-32-30-28-26-24-22-20-18-16-14-12-10-8-6-2/h14,16,20,22,45H,5-13,15,17-19,21,23-44H2,1-4H3,(H,51,52)/b16-14-,22-20-. The van der Waals surface area contributed by atoms with Gasteiger partial charge in [0.1, 0.15) is 6.61 Å². The summed E-state index contributed by atoms with van der Waals surface area (Å²) in [4.78, 5) is 37.1. The molecule has 9 nitrogen and oxygen atoms in total. The predicted molar refractivity (Wildman–Crippen MR) is 238 cm³/mol. The van der Waals surface area contributed by atoms with Gasteiger partial charge in [0.05, 0.1) is 13.2 Å². The molecule has 0 rings (SSSR count). The lowest BCUT2D eigenvalue weighted by atomic mass is 10.0. The summed E-state index contributed by atoms with van der Waals surface area (Å²) in [7, 11) is -0.710. The van der Waals surface area contributed by atoms with Crippen molar-refractivity contribution >= 4 is 19.8 Å². The lowest BCUT2D eigenvalue weighted by Gasteiger charge is -2.20. The first-order valence-corrected chi connectivity index (χ1v) is 25.1. The van der Waals surface area contributed by atoms with Gasteiger partial charge in [-0.05, 0) is 59.0 Å². The van der Waals surface area contributed by atoms with Crippen molar-refractivity contribution in [2.24, 2.45) is 0 Å².